The molecule has 0 unspecified atom stereocenters. The quantitative estimate of drug-likeness (QED) is 0.788. The zero-order valence-corrected chi connectivity index (χ0v) is 13.1. The van der Waals surface area contributed by atoms with Crippen molar-refractivity contribution in [2.24, 2.45) is 5.16 Å². The van der Waals surface area contributed by atoms with Gasteiger partial charge in [0.25, 0.3) is 5.91 Å². The summed E-state index contributed by atoms with van der Waals surface area (Å²) in [4.78, 5) is 17.3. The molecule has 1 N–H and O–H groups in total. The summed E-state index contributed by atoms with van der Waals surface area (Å²) in [5.41, 5.74) is 2.59. The van der Waals surface area contributed by atoms with Crippen molar-refractivity contribution in [1.29, 1.82) is 0 Å². The van der Waals surface area contributed by atoms with E-state index in [0.717, 1.165) is 29.9 Å². The number of benzene rings is 1. The Morgan fingerprint density at radius 2 is 2.18 bits per heavy atom. The van der Waals surface area contributed by atoms with Gasteiger partial charge in [-0.05, 0) is 43.2 Å². The van der Waals surface area contributed by atoms with Gasteiger partial charge in [-0.1, -0.05) is 18.7 Å². The maximum absolute atomic E-state index is 12.1. The van der Waals surface area contributed by atoms with Crippen LogP contribution in [0.2, 0.25) is 0 Å². The van der Waals surface area contributed by atoms with Crippen molar-refractivity contribution in [3.63, 3.8) is 0 Å². The zero-order chi connectivity index (χ0) is 15.9. The van der Waals surface area contributed by atoms with Crippen molar-refractivity contribution in [3.8, 4) is 5.75 Å². The number of oxime groups is 1. The standard InChI is InChI=1S/C17H22N2O3/c1-4-14-9-16(22-19-14)10-18-17(20)13-5-7-15(8-6-13)21-11-12(2)3/h5-8,16H,2,4,9-11H2,1,3H3,(H,18,20)/t16-/m1/s1. The van der Waals surface area contributed by atoms with Crippen molar-refractivity contribution in [1.82, 2.24) is 5.32 Å². The number of ether oxygens (including phenoxy) is 1. The molecule has 1 aliphatic heterocycles. The van der Waals surface area contributed by atoms with E-state index in [4.69, 9.17) is 9.57 Å². The molecule has 1 aromatic rings. The lowest BCUT2D eigenvalue weighted by Crippen LogP contribution is -2.32. The van der Waals surface area contributed by atoms with Gasteiger partial charge in [-0.15, -0.1) is 0 Å². The first-order chi connectivity index (χ1) is 10.6. The molecule has 118 valence electrons. The SMILES string of the molecule is C=C(C)COc1ccc(C(=O)NC[C@H]2CC(CC)=NO2)cc1. The second kappa shape index (κ2) is 7.64. The molecule has 5 heteroatoms. The van der Waals surface area contributed by atoms with Crippen LogP contribution in [0.15, 0.2) is 41.6 Å². The fraction of sp³-hybridized carbons (Fsp3) is 0.412. The largest absolute Gasteiger partial charge is 0.489 e. The third kappa shape index (κ3) is 4.62. The molecule has 0 aromatic heterocycles. The van der Waals surface area contributed by atoms with Crippen LogP contribution in [0.1, 0.15) is 37.0 Å². The van der Waals surface area contributed by atoms with E-state index in [0.29, 0.717) is 18.7 Å². The van der Waals surface area contributed by atoms with Crippen LogP contribution in [0.3, 0.4) is 0 Å². The fourth-order valence-corrected chi connectivity index (χ4v) is 2.02. The lowest BCUT2D eigenvalue weighted by molar-refractivity contribution is 0.0753. The van der Waals surface area contributed by atoms with Gasteiger partial charge in [0.1, 0.15) is 18.5 Å². The lowest BCUT2D eigenvalue weighted by atomic mass is 10.1. The first-order valence-electron chi connectivity index (χ1n) is 7.45. The fourth-order valence-electron chi connectivity index (χ4n) is 2.02. The van der Waals surface area contributed by atoms with E-state index in [9.17, 15) is 4.79 Å². The molecule has 1 aromatic carbocycles. The summed E-state index contributed by atoms with van der Waals surface area (Å²) < 4.78 is 5.50. The number of amides is 1. The Bertz CT molecular complexity index is 564. The number of carbonyl (C=O) groups is 1. The minimum absolute atomic E-state index is 0.0583. The Balaban J connectivity index is 1.79. The number of nitrogens with one attached hydrogen (secondary N) is 1. The molecule has 1 atom stereocenters. The second-order valence-corrected chi connectivity index (χ2v) is 5.42. The van der Waals surface area contributed by atoms with Gasteiger partial charge in [-0.3, -0.25) is 4.79 Å². The van der Waals surface area contributed by atoms with Crippen molar-refractivity contribution >= 4 is 11.6 Å². The van der Waals surface area contributed by atoms with Crippen LogP contribution >= 0.6 is 0 Å². The highest BCUT2D eigenvalue weighted by Gasteiger charge is 2.20. The van der Waals surface area contributed by atoms with Crippen LogP contribution in [-0.2, 0) is 4.84 Å². The maximum atomic E-state index is 12.1. The molecule has 2 rings (SSSR count). The number of nitrogens with zero attached hydrogens (tertiary/aromatic N) is 1. The van der Waals surface area contributed by atoms with Gasteiger partial charge in [0.15, 0.2) is 0 Å². The van der Waals surface area contributed by atoms with Crippen molar-refractivity contribution in [2.75, 3.05) is 13.2 Å². The molecule has 1 heterocycles. The second-order valence-electron chi connectivity index (χ2n) is 5.42. The van der Waals surface area contributed by atoms with Crippen LogP contribution in [0.25, 0.3) is 0 Å². The van der Waals surface area contributed by atoms with Crippen LogP contribution in [-0.4, -0.2) is 30.9 Å². The maximum Gasteiger partial charge on any atom is 0.251 e. The molecule has 0 fully saturated rings. The van der Waals surface area contributed by atoms with Gasteiger partial charge in [-0.2, -0.15) is 0 Å². The molecule has 0 saturated carbocycles. The smallest absolute Gasteiger partial charge is 0.251 e. The molecule has 0 saturated heterocycles. The highest BCUT2D eigenvalue weighted by molar-refractivity contribution is 5.94. The van der Waals surface area contributed by atoms with Gasteiger partial charge in [0.05, 0.1) is 12.3 Å². The molecule has 0 radical (unpaired) electrons. The summed E-state index contributed by atoms with van der Waals surface area (Å²) in [6, 6.07) is 7.05. The van der Waals surface area contributed by atoms with Crippen LogP contribution in [0, 0.1) is 0 Å². The number of hydrogen-bond donors (Lipinski definition) is 1. The first-order valence-corrected chi connectivity index (χ1v) is 7.45. The molecule has 0 bridgehead atoms. The normalized spacial score (nSPS) is 16.6. The number of rotatable bonds is 7. The minimum atomic E-state index is -0.125. The van der Waals surface area contributed by atoms with Gasteiger partial charge in [-0.25, -0.2) is 0 Å². The van der Waals surface area contributed by atoms with Gasteiger partial charge in [0.2, 0.25) is 0 Å². The predicted molar refractivity (Wildman–Crippen MR) is 86.3 cm³/mol. The van der Waals surface area contributed by atoms with E-state index in [2.05, 4.69) is 17.1 Å². The molecule has 5 nitrogen and oxygen atoms in total. The van der Waals surface area contributed by atoms with Crippen molar-refractivity contribution in [2.45, 2.75) is 32.8 Å². The van der Waals surface area contributed by atoms with Gasteiger partial charge >= 0.3 is 0 Å². The van der Waals surface area contributed by atoms with Crippen LogP contribution in [0.4, 0.5) is 0 Å². The summed E-state index contributed by atoms with van der Waals surface area (Å²) >= 11 is 0. The monoisotopic (exact) mass is 302 g/mol. The van der Waals surface area contributed by atoms with Crippen LogP contribution in [0.5, 0.6) is 5.75 Å². The molecular weight excluding hydrogens is 280 g/mol. The predicted octanol–water partition coefficient (Wildman–Crippen LogP) is 2.93. The molecule has 1 amide bonds. The highest BCUT2D eigenvalue weighted by atomic mass is 16.6. The Hall–Kier alpha value is -2.30. The van der Waals surface area contributed by atoms with Gasteiger partial charge < -0.3 is 14.9 Å². The minimum Gasteiger partial charge on any atom is -0.489 e. The Kier molecular flexibility index (Phi) is 5.58. The van der Waals surface area contributed by atoms with Crippen molar-refractivity contribution < 1.29 is 14.4 Å². The number of hydrogen-bond acceptors (Lipinski definition) is 4. The summed E-state index contributed by atoms with van der Waals surface area (Å²) in [6.45, 7) is 8.66. The Morgan fingerprint density at radius 1 is 1.45 bits per heavy atom. The molecular formula is C17H22N2O3. The summed E-state index contributed by atoms with van der Waals surface area (Å²) in [5, 5.41) is 6.84. The van der Waals surface area contributed by atoms with E-state index in [1.165, 1.54) is 0 Å². The number of carbonyl (C=O) groups excluding carboxylic acids is 1. The van der Waals surface area contributed by atoms with E-state index < -0.39 is 0 Å². The first kappa shape index (κ1) is 16.1. The Labute approximate surface area is 131 Å². The summed E-state index contributed by atoms with van der Waals surface area (Å²) in [6.07, 6.45) is 1.61. The molecule has 22 heavy (non-hydrogen) atoms. The zero-order valence-electron chi connectivity index (χ0n) is 13.1. The van der Waals surface area contributed by atoms with E-state index in [1.54, 1.807) is 24.3 Å². The lowest BCUT2D eigenvalue weighted by Gasteiger charge is -2.10. The summed E-state index contributed by atoms with van der Waals surface area (Å²) in [5.74, 6) is 0.597. The van der Waals surface area contributed by atoms with Crippen molar-refractivity contribution in [3.05, 3.63) is 42.0 Å². The third-order valence-electron chi connectivity index (χ3n) is 3.29. The van der Waals surface area contributed by atoms with Crippen LogP contribution < -0.4 is 10.1 Å². The van der Waals surface area contributed by atoms with E-state index in [1.807, 2.05) is 13.8 Å². The highest BCUT2D eigenvalue weighted by Crippen LogP contribution is 2.14. The molecule has 1 aliphatic rings. The van der Waals surface area contributed by atoms with E-state index in [-0.39, 0.29) is 12.0 Å². The molecule has 0 aliphatic carbocycles. The summed E-state index contributed by atoms with van der Waals surface area (Å²) in [7, 11) is 0. The average molecular weight is 302 g/mol. The average Bonchev–Trinajstić information content (AvgIpc) is 2.99. The van der Waals surface area contributed by atoms with E-state index >= 15 is 0 Å². The Morgan fingerprint density at radius 3 is 2.77 bits per heavy atom. The molecule has 0 spiro atoms. The third-order valence-corrected chi connectivity index (χ3v) is 3.29. The topological polar surface area (TPSA) is 59.9 Å². The van der Waals surface area contributed by atoms with Gasteiger partial charge in [0, 0.05) is 12.0 Å².